The molecule has 132 valence electrons. The second kappa shape index (κ2) is 8.84. The van der Waals surface area contributed by atoms with Gasteiger partial charge in [-0.1, -0.05) is 24.3 Å². The fraction of sp³-hybridized carbons (Fsp3) is 0.263. The highest BCUT2D eigenvalue weighted by Gasteiger charge is 2.11. The van der Waals surface area contributed by atoms with Crippen molar-refractivity contribution in [1.29, 1.82) is 0 Å². The van der Waals surface area contributed by atoms with Crippen molar-refractivity contribution in [3.8, 4) is 11.5 Å². The first-order valence-corrected chi connectivity index (χ1v) is 7.87. The summed E-state index contributed by atoms with van der Waals surface area (Å²) in [4.78, 5) is 10.4. The van der Waals surface area contributed by atoms with Gasteiger partial charge < -0.3 is 14.8 Å². The third-order valence-corrected chi connectivity index (χ3v) is 3.76. The molecule has 25 heavy (non-hydrogen) atoms. The Kier molecular flexibility index (Phi) is 6.54. The summed E-state index contributed by atoms with van der Waals surface area (Å²) in [6.45, 7) is 4.91. The molecule has 0 atom stereocenters. The van der Waals surface area contributed by atoms with Crippen LogP contribution in [0.3, 0.4) is 0 Å². The van der Waals surface area contributed by atoms with Gasteiger partial charge in [-0.2, -0.15) is 0 Å². The smallest absolute Gasteiger partial charge is 0.269 e. The molecule has 0 aromatic heterocycles. The lowest BCUT2D eigenvalue weighted by molar-refractivity contribution is -0.384. The minimum Gasteiger partial charge on any atom is -0.493 e. The molecule has 0 saturated heterocycles. The van der Waals surface area contributed by atoms with E-state index >= 15 is 0 Å². The average molecular weight is 342 g/mol. The third-order valence-electron chi connectivity index (χ3n) is 3.76. The zero-order valence-corrected chi connectivity index (χ0v) is 14.5. The van der Waals surface area contributed by atoms with Crippen LogP contribution in [0.1, 0.15) is 16.7 Å². The quantitative estimate of drug-likeness (QED) is 0.428. The van der Waals surface area contributed by atoms with E-state index in [2.05, 4.69) is 11.9 Å². The monoisotopic (exact) mass is 342 g/mol. The number of nitro groups is 1. The third kappa shape index (κ3) is 4.81. The minimum atomic E-state index is -0.389. The molecule has 0 bridgehead atoms. The summed E-state index contributed by atoms with van der Waals surface area (Å²) >= 11 is 0. The zero-order valence-electron chi connectivity index (χ0n) is 14.5. The normalized spacial score (nSPS) is 10.3. The molecule has 2 rings (SSSR count). The molecule has 6 heteroatoms. The van der Waals surface area contributed by atoms with Gasteiger partial charge in [0.1, 0.15) is 0 Å². The minimum absolute atomic E-state index is 0.0960. The molecule has 0 heterocycles. The Balaban J connectivity index is 2.10. The van der Waals surface area contributed by atoms with E-state index in [1.165, 1.54) is 6.07 Å². The van der Waals surface area contributed by atoms with Crippen LogP contribution in [0, 0.1) is 10.1 Å². The molecule has 0 unspecified atom stereocenters. The van der Waals surface area contributed by atoms with E-state index in [1.54, 1.807) is 26.4 Å². The maximum Gasteiger partial charge on any atom is 0.269 e. The van der Waals surface area contributed by atoms with E-state index in [0.717, 1.165) is 16.7 Å². The Morgan fingerprint density at radius 3 is 2.56 bits per heavy atom. The van der Waals surface area contributed by atoms with Gasteiger partial charge in [-0.25, -0.2) is 0 Å². The molecule has 1 N–H and O–H groups in total. The molecule has 0 radical (unpaired) electrons. The zero-order chi connectivity index (χ0) is 18.2. The van der Waals surface area contributed by atoms with Crippen molar-refractivity contribution >= 4 is 5.69 Å². The van der Waals surface area contributed by atoms with Crippen molar-refractivity contribution in [2.45, 2.75) is 19.5 Å². The number of methoxy groups -OCH3 is 2. The summed E-state index contributed by atoms with van der Waals surface area (Å²) in [6, 6.07) is 10.6. The van der Waals surface area contributed by atoms with Crippen molar-refractivity contribution < 1.29 is 14.4 Å². The fourth-order valence-corrected chi connectivity index (χ4v) is 2.65. The molecule has 0 aliphatic rings. The molecule has 2 aromatic rings. The summed E-state index contributed by atoms with van der Waals surface area (Å²) in [5.41, 5.74) is 3.00. The van der Waals surface area contributed by atoms with E-state index in [4.69, 9.17) is 9.47 Å². The van der Waals surface area contributed by atoms with Crippen LogP contribution < -0.4 is 14.8 Å². The maximum absolute atomic E-state index is 10.8. The lowest BCUT2D eigenvalue weighted by Crippen LogP contribution is -2.13. The standard InChI is InChI=1S/C19H22N2O4/c1-4-6-16-9-15(11-18(24-2)19(16)25-3)13-20-12-14-7-5-8-17(10-14)21(22)23/h4-5,7-11,20H,1,6,12-13H2,2-3H3. The number of benzene rings is 2. The fourth-order valence-electron chi connectivity index (χ4n) is 2.65. The molecule has 0 fully saturated rings. The van der Waals surface area contributed by atoms with Crippen molar-refractivity contribution in [2.24, 2.45) is 0 Å². The number of nitrogens with zero attached hydrogens (tertiary/aromatic N) is 1. The number of hydrogen-bond acceptors (Lipinski definition) is 5. The average Bonchev–Trinajstić information content (AvgIpc) is 2.61. The Bertz CT molecular complexity index is 759. The van der Waals surface area contributed by atoms with E-state index < -0.39 is 0 Å². The highest BCUT2D eigenvalue weighted by atomic mass is 16.6. The van der Waals surface area contributed by atoms with Crippen LogP contribution in [0.25, 0.3) is 0 Å². The molecule has 0 amide bonds. The number of non-ortho nitro benzene ring substituents is 1. The van der Waals surface area contributed by atoms with Crippen LogP contribution in [0.15, 0.2) is 49.1 Å². The van der Waals surface area contributed by atoms with Crippen LogP contribution in [0.4, 0.5) is 5.69 Å². The molecule has 0 aliphatic heterocycles. The number of nitrogens with one attached hydrogen (secondary N) is 1. The summed E-state index contributed by atoms with van der Waals surface area (Å²) in [6.07, 6.45) is 2.50. The summed E-state index contributed by atoms with van der Waals surface area (Å²) in [5.74, 6) is 1.39. The highest BCUT2D eigenvalue weighted by molar-refractivity contribution is 5.50. The van der Waals surface area contributed by atoms with E-state index in [0.29, 0.717) is 31.0 Å². The van der Waals surface area contributed by atoms with Crippen LogP contribution in [-0.4, -0.2) is 19.1 Å². The van der Waals surface area contributed by atoms with Gasteiger partial charge in [0.2, 0.25) is 0 Å². The predicted octanol–water partition coefficient (Wildman–Crippen LogP) is 3.63. The van der Waals surface area contributed by atoms with Gasteiger partial charge in [0.15, 0.2) is 11.5 Å². The number of hydrogen-bond donors (Lipinski definition) is 1. The molecular formula is C19H22N2O4. The first-order valence-electron chi connectivity index (χ1n) is 7.87. The largest absolute Gasteiger partial charge is 0.493 e. The van der Waals surface area contributed by atoms with Crippen molar-refractivity contribution in [3.63, 3.8) is 0 Å². The lowest BCUT2D eigenvalue weighted by atomic mass is 10.1. The van der Waals surface area contributed by atoms with E-state index in [-0.39, 0.29) is 10.6 Å². The second-order valence-electron chi connectivity index (χ2n) is 5.51. The van der Waals surface area contributed by atoms with Crippen molar-refractivity contribution in [3.05, 3.63) is 75.9 Å². The number of nitro benzene ring substituents is 1. The van der Waals surface area contributed by atoms with Crippen molar-refractivity contribution in [1.82, 2.24) is 5.32 Å². The number of rotatable bonds is 9. The van der Waals surface area contributed by atoms with Gasteiger partial charge in [0.25, 0.3) is 5.69 Å². The Morgan fingerprint density at radius 2 is 1.92 bits per heavy atom. The van der Waals surface area contributed by atoms with Crippen molar-refractivity contribution in [2.75, 3.05) is 14.2 Å². The molecule has 0 aliphatic carbocycles. The first-order chi connectivity index (χ1) is 12.1. The molecule has 6 nitrogen and oxygen atoms in total. The van der Waals surface area contributed by atoms with Gasteiger partial charge in [0, 0.05) is 30.8 Å². The van der Waals surface area contributed by atoms with Gasteiger partial charge in [0.05, 0.1) is 19.1 Å². The van der Waals surface area contributed by atoms with Gasteiger partial charge in [-0.05, 0) is 23.6 Å². The molecule has 0 saturated carbocycles. The van der Waals surface area contributed by atoms with E-state index in [9.17, 15) is 10.1 Å². The Morgan fingerprint density at radius 1 is 1.16 bits per heavy atom. The number of allylic oxidation sites excluding steroid dienone is 1. The summed E-state index contributed by atoms with van der Waals surface area (Å²) in [5, 5.41) is 14.1. The van der Waals surface area contributed by atoms with Gasteiger partial charge in [-0.15, -0.1) is 6.58 Å². The van der Waals surface area contributed by atoms with Crippen LogP contribution >= 0.6 is 0 Å². The Hall–Kier alpha value is -2.86. The number of ether oxygens (including phenoxy) is 2. The van der Waals surface area contributed by atoms with E-state index in [1.807, 2.05) is 24.3 Å². The van der Waals surface area contributed by atoms with Crippen LogP contribution in [0.2, 0.25) is 0 Å². The maximum atomic E-state index is 10.8. The van der Waals surface area contributed by atoms with Crippen LogP contribution in [0.5, 0.6) is 11.5 Å². The highest BCUT2D eigenvalue weighted by Crippen LogP contribution is 2.33. The molecule has 0 spiro atoms. The van der Waals surface area contributed by atoms with Crippen LogP contribution in [-0.2, 0) is 19.5 Å². The predicted molar refractivity (Wildman–Crippen MR) is 97.1 cm³/mol. The SMILES string of the molecule is C=CCc1cc(CNCc2cccc([N+](=O)[O-])c2)cc(OC)c1OC. The lowest BCUT2D eigenvalue weighted by Gasteiger charge is -2.15. The summed E-state index contributed by atoms with van der Waals surface area (Å²) in [7, 11) is 3.22. The molecular weight excluding hydrogens is 320 g/mol. The van der Waals surface area contributed by atoms with Gasteiger partial charge in [-0.3, -0.25) is 10.1 Å². The molecule has 2 aromatic carbocycles. The Labute approximate surface area is 147 Å². The topological polar surface area (TPSA) is 73.6 Å². The summed E-state index contributed by atoms with van der Waals surface area (Å²) < 4.78 is 10.8. The van der Waals surface area contributed by atoms with Gasteiger partial charge >= 0.3 is 0 Å². The second-order valence-corrected chi connectivity index (χ2v) is 5.51. The first kappa shape index (κ1) is 18.5.